The number of hydrogen-bond donors (Lipinski definition) is 1. The van der Waals surface area contributed by atoms with Gasteiger partial charge in [-0.1, -0.05) is 41.9 Å². The van der Waals surface area contributed by atoms with Gasteiger partial charge in [-0.05, 0) is 107 Å². The van der Waals surface area contributed by atoms with Crippen molar-refractivity contribution in [3.8, 4) is 16.9 Å². The Labute approximate surface area is 337 Å². The predicted octanol–water partition coefficient (Wildman–Crippen LogP) is 9.77. The molecule has 10 nitrogen and oxygen atoms in total. The molecule has 6 rings (SSSR count). The second kappa shape index (κ2) is 17.2. The van der Waals surface area contributed by atoms with Crippen LogP contribution in [-0.2, 0) is 29.1 Å². The molecule has 1 N–H and O–H groups in total. The molecule has 0 atom stereocenters. The van der Waals surface area contributed by atoms with Crippen LogP contribution in [0.3, 0.4) is 0 Å². The van der Waals surface area contributed by atoms with E-state index in [4.69, 9.17) is 21.1 Å². The van der Waals surface area contributed by atoms with Crippen molar-refractivity contribution in [2.45, 2.75) is 97.6 Å². The highest BCUT2D eigenvalue weighted by Gasteiger charge is 2.32. The lowest BCUT2D eigenvalue weighted by molar-refractivity contribution is -0.274. The van der Waals surface area contributed by atoms with E-state index in [1.165, 1.54) is 12.1 Å². The number of fused-ring (bicyclic) bond motifs is 1. The van der Waals surface area contributed by atoms with E-state index in [9.17, 15) is 22.8 Å². The Morgan fingerprint density at radius 2 is 1.42 bits per heavy atom. The maximum absolute atomic E-state index is 13.4. The molecule has 2 aliphatic rings. The molecule has 0 spiro atoms. The Balaban J connectivity index is 1.30. The van der Waals surface area contributed by atoms with Crippen LogP contribution in [0.15, 0.2) is 66.9 Å². The summed E-state index contributed by atoms with van der Waals surface area (Å²) in [5.74, 6) is -0.389. The standard InChI is InChI=1S/C43H53ClF3N5O5/c1-41(2,3)56-39(53)48-25-31-24-33(55-43(45,46)47)12-13-34(31)36-28-52(32-15-17-51(18-16-32)40(54)57-42(4,5)6)38-14-11-29(23-35(36)38)26-49-19-21-50(22-20-49)27-30-9-7-8-10-37(30)44/h7-14,23-24,28,32H,15-22,25-27H2,1-6H3,(H,48,53). The first-order valence-corrected chi connectivity index (χ1v) is 19.8. The zero-order valence-electron chi connectivity index (χ0n) is 33.5. The molecule has 0 aliphatic carbocycles. The molecule has 4 aromatic rings. The van der Waals surface area contributed by atoms with E-state index in [1.807, 2.05) is 45.2 Å². The number of ether oxygens (including phenoxy) is 3. The summed E-state index contributed by atoms with van der Waals surface area (Å²) < 4.78 is 57.8. The van der Waals surface area contributed by atoms with Crippen molar-refractivity contribution in [1.82, 2.24) is 24.6 Å². The lowest BCUT2D eigenvalue weighted by Gasteiger charge is -2.35. The van der Waals surface area contributed by atoms with Gasteiger partial charge in [-0.25, -0.2) is 9.59 Å². The fourth-order valence-electron chi connectivity index (χ4n) is 7.46. The number of carbonyl (C=O) groups excluding carboxylic acids is 2. The number of amides is 2. The van der Waals surface area contributed by atoms with Gasteiger partial charge in [-0.2, -0.15) is 0 Å². The Morgan fingerprint density at radius 3 is 2.05 bits per heavy atom. The minimum atomic E-state index is -4.89. The third-order valence-corrected chi connectivity index (χ3v) is 10.4. The number of alkyl halides is 3. The summed E-state index contributed by atoms with van der Waals surface area (Å²) in [4.78, 5) is 32.2. The van der Waals surface area contributed by atoms with E-state index in [2.05, 4.69) is 48.7 Å². The summed E-state index contributed by atoms with van der Waals surface area (Å²) in [5.41, 5.74) is 3.72. The molecule has 57 heavy (non-hydrogen) atoms. The third kappa shape index (κ3) is 11.6. The third-order valence-electron chi connectivity index (χ3n) is 10.1. The number of likely N-dealkylation sites (tertiary alicyclic amines) is 1. The molecule has 1 aromatic heterocycles. The number of carbonyl (C=O) groups is 2. The van der Waals surface area contributed by atoms with Crippen LogP contribution in [0.4, 0.5) is 22.8 Å². The van der Waals surface area contributed by atoms with E-state index >= 15 is 0 Å². The van der Waals surface area contributed by atoms with E-state index < -0.39 is 23.7 Å². The fourth-order valence-corrected chi connectivity index (χ4v) is 7.65. The molecule has 2 fully saturated rings. The Bertz CT molecular complexity index is 2040. The summed E-state index contributed by atoms with van der Waals surface area (Å²) in [6, 6.07) is 18.6. The number of benzene rings is 3. The lowest BCUT2D eigenvalue weighted by atomic mass is 9.97. The van der Waals surface area contributed by atoms with Crippen molar-refractivity contribution in [1.29, 1.82) is 0 Å². The van der Waals surface area contributed by atoms with E-state index in [0.29, 0.717) is 37.1 Å². The molecule has 3 heterocycles. The number of alkyl carbamates (subject to hydrolysis) is 1. The lowest BCUT2D eigenvalue weighted by Crippen LogP contribution is -2.45. The number of nitrogens with one attached hydrogen (secondary N) is 1. The normalized spacial score (nSPS) is 16.5. The average Bonchev–Trinajstić information content (AvgIpc) is 3.49. The van der Waals surface area contributed by atoms with Crippen molar-refractivity contribution in [3.63, 3.8) is 0 Å². The van der Waals surface area contributed by atoms with Gasteiger partial charge in [-0.15, -0.1) is 13.2 Å². The van der Waals surface area contributed by atoms with Crippen molar-refractivity contribution in [3.05, 3.63) is 88.6 Å². The number of rotatable bonds is 9. The van der Waals surface area contributed by atoms with Crippen LogP contribution in [-0.4, -0.2) is 88.3 Å². The minimum absolute atomic E-state index is 0.0492. The quantitative estimate of drug-likeness (QED) is 0.180. The van der Waals surface area contributed by atoms with E-state index in [1.54, 1.807) is 31.7 Å². The summed E-state index contributed by atoms with van der Waals surface area (Å²) in [6.07, 6.45) is -2.49. The molecule has 3 aromatic carbocycles. The van der Waals surface area contributed by atoms with Gasteiger partial charge >= 0.3 is 18.5 Å². The minimum Gasteiger partial charge on any atom is -0.444 e. The van der Waals surface area contributed by atoms with Crippen LogP contribution in [0.2, 0.25) is 5.02 Å². The number of hydrogen-bond acceptors (Lipinski definition) is 7. The summed E-state index contributed by atoms with van der Waals surface area (Å²) in [6.45, 7) is 16.8. The van der Waals surface area contributed by atoms with Crippen molar-refractivity contribution >= 4 is 34.7 Å². The van der Waals surface area contributed by atoms with Crippen LogP contribution < -0.4 is 10.1 Å². The van der Waals surface area contributed by atoms with Gasteiger partial charge in [0.05, 0.1) is 0 Å². The van der Waals surface area contributed by atoms with Crippen LogP contribution >= 0.6 is 11.6 Å². The smallest absolute Gasteiger partial charge is 0.444 e. The highest BCUT2D eigenvalue weighted by atomic mass is 35.5. The zero-order valence-corrected chi connectivity index (χ0v) is 34.3. The molecule has 2 saturated heterocycles. The summed E-state index contributed by atoms with van der Waals surface area (Å²) in [5, 5.41) is 4.43. The Morgan fingerprint density at radius 1 is 0.772 bits per heavy atom. The average molecular weight is 812 g/mol. The molecule has 308 valence electrons. The van der Waals surface area contributed by atoms with Crippen LogP contribution in [0.1, 0.15) is 77.1 Å². The molecule has 0 saturated carbocycles. The molecule has 0 bridgehead atoms. The highest BCUT2D eigenvalue weighted by molar-refractivity contribution is 6.31. The molecule has 0 radical (unpaired) electrons. The monoisotopic (exact) mass is 811 g/mol. The van der Waals surface area contributed by atoms with Crippen molar-refractivity contribution in [2.24, 2.45) is 0 Å². The molecule has 2 aliphatic heterocycles. The van der Waals surface area contributed by atoms with Gasteiger partial charge in [0.25, 0.3) is 0 Å². The second-order valence-electron chi connectivity index (χ2n) is 16.9. The maximum Gasteiger partial charge on any atom is 0.573 e. The summed E-state index contributed by atoms with van der Waals surface area (Å²) >= 11 is 6.44. The van der Waals surface area contributed by atoms with E-state index in [-0.39, 0.29) is 24.4 Å². The molecule has 14 heteroatoms. The zero-order chi connectivity index (χ0) is 41.1. The first-order chi connectivity index (χ1) is 26.8. The topological polar surface area (TPSA) is 88.5 Å². The molecule has 2 amide bonds. The Hall–Kier alpha value is -4.46. The van der Waals surface area contributed by atoms with Gasteiger partial charge in [0.15, 0.2) is 0 Å². The second-order valence-corrected chi connectivity index (χ2v) is 17.3. The number of piperazine rings is 1. The van der Waals surface area contributed by atoms with Crippen molar-refractivity contribution < 1.29 is 37.0 Å². The van der Waals surface area contributed by atoms with Gasteiger partial charge in [0, 0.05) is 92.6 Å². The van der Waals surface area contributed by atoms with Crippen LogP contribution in [0.5, 0.6) is 5.75 Å². The highest BCUT2D eigenvalue weighted by Crippen LogP contribution is 2.39. The number of aromatic nitrogens is 1. The molecular formula is C43H53ClF3N5O5. The summed E-state index contributed by atoms with van der Waals surface area (Å²) in [7, 11) is 0. The number of nitrogens with zero attached hydrogens (tertiary/aromatic N) is 4. The first-order valence-electron chi connectivity index (χ1n) is 19.5. The van der Waals surface area contributed by atoms with E-state index in [0.717, 1.165) is 71.9 Å². The number of halogens is 4. The van der Waals surface area contributed by atoms with Gasteiger partial charge in [0.1, 0.15) is 17.0 Å². The van der Waals surface area contributed by atoms with Gasteiger partial charge in [0.2, 0.25) is 0 Å². The van der Waals surface area contributed by atoms with Gasteiger partial charge in [-0.3, -0.25) is 9.80 Å². The first kappa shape index (κ1) is 42.2. The Kier molecular flexibility index (Phi) is 12.7. The SMILES string of the molecule is CC(C)(C)OC(=O)NCc1cc(OC(F)(F)F)ccc1-c1cn(C2CCN(C(=O)OC(C)(C)C)CC2)c2ccc(CN3CCN(Cc4ccccc4Cl)CC3)cc12. The molecule has 0 unspecified atom stereocenters. The maximum atomic E-state index is 13.4. The van der Waals surface area contributed by atoms with Crippen LogP contribution in [0.25, 0.3) is 22.0 Å². The fraction of sp³-hybridized carbons (Fsp3) is 0.488. The van der Waals surface area contributed by atoms with Gasteiger partial charge < -0.3 is 29.0 Å². The molecular weight excluding hydrogens is 759 g/mol. The largest absolute Gasteiger partial charge is 0.573 e. The predicted molar refractivity (Wildman–Crippen MR) is 215 cm³/mol. The number of piperidine rings is 1. The van der Waals surface area contributed by atoms with Crippen LogP contribution in [0, 0.1) is 0 Å². The van der Waals surface area contributed by atoms with Crippen molar-refractivity contribution in [2.75, 3.05) is 39.3 Å².